The van der Waals surface area contributed by atoms with Crippen LogP contribution in [0.15, 0.2) is 36.4 Å². The molecule has 0 spiro atoms. The minimum Gasteiger partial charge on any atom is -0.389 e. The number of hydrogen-bond acceptors (Lipinski definition) is 2. The zero-order valence-electron chi connectivity index (χ0n) is 12.7. The Hall–Kier alpha value is -1.84. The third-order valence-corrected chi connectivity index (χ3v) is 4.19. The van der Waals surface area contributed by atoms with E-state index in [1.165, 1.54) is 11.0 Å². The lowest BCUT2D eigenvalue weighted by atomic mass is 10.0. The first-order chi connectivity index (χ1) is 10.0. The van der Waals surface area contributed by atoms with Gasteiger partial charge in [0.2, 0.25) is 0 Å². The number of aliphatic hydroxyl groups is 2. The fourth-order valence-electron chi connectivity index (χ4n) is 3.00. The molecule has 1 heterocycles. The van der Waals surface area contributed by atoms with E-state index in [1.807, 2.05) is 12.1 Å². The number of hydrogen-bond donors (Lipinski definition) is 2. The summed E-state index contributed by atoms with van der Waals surface area (Å²) in [5.41, 5.74) is 4.17. The minimum atomic E-state index is -0.477. The van der Waals surface area contributed by atoms with Crippen LogP contribution in [-0.4, -0.2) is 14.8 Å². The molecule has 3 nitrogen and oxygen atoms in total. The van der Waals surface area contributed by atoms with E-state index in [0.29, 0.717) is 0 Å². The molecule has 110 valence electrons. The molecule has 0 saturated heterocycles. The van der Waals surface area contributed by atoms with Crippen LogP contribution in [0.5, 0.6) is 0 Å². The van der Waals surface area contributed by atoms with Crippen LogP contribution in [-0.2, 0) is 6.54 Å². The Balaban J connectivity index is 2.39. The van der Waals surface area contributed by atoms with Crippen molar-refractivity contribution in [2.24, 2.45) is 0 Å². The first-order valence-electron chi connectivity index (χ1n) is 7.45. The summed E-state index contributed by atoms with van der Waals surface area (Å²) in [6, 6.07) is 12.2. The smallest absolute Gasteiger partial charge is 0.0762 e. The van der Waals surface area contributed by atoms with Gasteiger partial charge in [-0.15, -0.1) is 0 Å². The first-order valence-corrected chi connectivity index (χ1v) is 7.45. The zero-order valence-corrected chi connectivity index (χ0v) is 12.7. The van der Waals surface area contributed by atoms with Crippen LogP contribution in [0.1, 0.15) is 44.1 Å². The lowest BCUT2D eigenvalue weighted by molar-refractivity contribution is 0.199. The Morgan fingerprint density at radius 3 is 1.62 bits per heavy atom. The molecular weight excluding hydrogens is 262 g/mol. The van der Waals surface area contributed by atoms with Crippen molar-refractivity contribution in [3.63, 3.8) is 0 Å². The van der Waals surface area contributed by atoms with E-state index in [2.05, 4.69) is 35.8 Å². The van der Waals surface area contributed by atoms with E-state index in [1.54, 1.807) is 13.8 Å². The predicted molar refractivity (Wildman–Crippen MR) is 86.4 cm³/mol. The number of nitrogens with zero attached hydrogens (tertiary/aromatic N) is 1. The van der Waals surface area contributed by atoms with Gasteiger partial charge in [0, 0.05) is 28.4 Å². The molecule has 2 aromatic carbocycles. The third kappa shape index (κ3) is 2.23. The molecule has 0 radical (unpaired) electrons. The van der Waals surface area contributed by atoms with E-state index in [0.717, 1.165) is 28.4 Å². The maximum atomic E-state index is 9.82. The Morgan fingerprint density at radius 1 is 0.857 bits per heavy atom. The molecular formula is C18H21NO2. The van der Waals surface area contributed by atoms with Crippen molar-refractivity contribution in [1.29, 1.82) is 0 Å². The van der Waals surface area contributed by atoms with Gasteiger partial charge < -0.3 is 14.8 Å². The van der Waals surface area contributed by atoms with Gasteiger partial charge >= 0.3 is 0 Å². The molecule has 21 heavy (non-hydrogen) atoms. The van der Waals surface area contributed by atoms with E-state index in [9.17, 15) is 10.2 Å². The molecule has 2 atom stereocenters. The van der Waals surface area contributed by atoms with Gasteiger partial charge in [0.15, 0.2) is 0 Å². The fourth-order valence-corrected chi connectivity index (χ4v) is 3.00. The SMILES string of the molecule is CCn1c2ccc([C@H](C)O)cc2c2cc([C@@H](C)O)ccc21. The van der Waals surface area contributed by atoms with Crippen molar-refractivity contribution < 1.29 is 10.2 Å². The highest BCUT2D eigenvalue weighted by Crippen LogP contribution is 2.32. The third-order valence-electron chi connectivity index (χ3n) is 4.19. The van der Waals surface area contributed by atoms with Gasteiger partial charge in [-0.2, -0.15) is 0 Å². The highest BCUT2D eigenvalue weighted by molar-refractivity contribution is 6.08. The highest BCUT2D eigenvalue weighted by atomic mass is 16.3. The Labute approximate surface area is 124 Å². The van der Waals surface area contributed by atoms with Gasteiger partial charge in [-0.3, -0.25) is 0 Å². The maximum absolute atomic E-state index is 9.82. The number of rotatable bonds is 3. The second-order valence-electron chi connectivity index (χ2n) is 5.65. The predicted octanol–water partition coefficient (Wildman–Crippen LogP) is 3.92. The Kier molecular flexibility index (Phi) is 3.47. The molecule has 3 aromatic rings. The number of aliphatic hydroxyl groups excluding tert-OH is 2. The number of aromatic nitrogens is 1. The molecule has 0 saturated carbocycles. The van der Waals surface area contributed by atoms with Gasteiger partial charge in [-0.25, -0.2) is 0 Å². The number of aryl methyl sites for hydroxylation is 1. The average molecular weight is 283 g/mol. The fraction of sp³-hybridized carbons (Fsp3) is 0.333. The van der Waals surface area contributed by atoms with Crippen LogP contribution in [0.3, 0.4) is 0 Å². The molecule has 0 aliphatic heterocycles. The van der Waals surface area contributed by atoms with Crippen LogP contribution < -0.4 is 0 Å². The van der Waals surface area contributed by atoms with Crippen molar-refractivity contribution in [1.82, 2.24) is 4.57 Å². The largest absolute Gasteiger partial charge is 0.389 e. The second-order valence-corrected chi connectivity index (χ2v) is 5.65. The Morgan fingerprint density at radius 2 is 1.29 bits per heavy atom. The highest BCUT2D eigenvalue weighted by Gasteiger charge is 2.13. The topological polar surface area (TPSA) is 45.4 Å². The standard InChI is InChI=1S/C18H21NO2/c1-4-19-17-7-5-13(11(2)20)9-15(17)16-10-14(12(3)21)6-8-18(16)19/h5-12,20-21H,4H2,1-3H3/t11-,12+. The van der Waals surface area contributed by atoms with Gasteiger partial charge in [0.1, 0.15) is 0 Å². The van der Waals surface area contributed by atoms with E-state index in [4.69, 9.17) is 0 Å². The van der Waals surface area contributed by atoms with Crippen LogP contribution in [0.25, 0.3) is 21.8 Å². The van der Waals surface area contributed by atoms with Crippen LogP contribution in [0.2, 0.25) is 0 Å². The summed E-state index contributed by atoms with van der Waals surface area (Å²) < 4.78 is 2.27. The average Bonchev–Trinajstić information content (AvgIpc) is 2.79. The summed E-state index contributed by atoms with van der Waals surface area (Å²) in [7, 11) is 0. The second kappa shape index (κ2) is 5.17. The molecule has 3 rings (SSSR count). The summed E-state index contributed by atoms with van der Waals surface area (Å²) in [5.74, 6) is 0. The molecule has 0 bridgehead atoms. The van der Waals surface area contributed by atoms with Gasteiger partial charge in [0.25, 0.3) is 0 Å². The van der Waals surface area contributed by atoms with Crippen LogP contribution in [0, 0.1) is 0 Å². The zero-order chi connectivity index (χ0) is 15.1. The van der Waals surface area contributed by atoms with Crippen LogP contribution >= 0.6 is 0 Å². The summed E-state index contributed by atoms with van der Waals surface area (Å²) in [4.78, 5) is 0. The van der Waals surface area contributed by atoms with E-state index in [-0.39, 0.29) is 0 Å². The summed E-state index contributed by atoms with van der Waals surface area (Å²) >= 11 is 0. The number of fused-ring (bicyclic) bond motifs is 3. The van der Waals surface area contributed by atoms with Crippen molar-refractivity contribution in [2.75, 3.05) is 0 Å². The number of benzene rings is 2. The normalized spacial score (nSPS) is 14.7. The van der Waals surface area contributed by atoms with Crippen molar-refractivity contribution in [2.45, 2.75) is 39.5 Å². The maximum Gasteiger partial charge on any atom is 0.0762 e. The van der Waals surface area contributed by atoms with Crippen molar-refractivity contribution in [3.8, 4) is 0 Å². The van der Waals surface area contributed by atoms with Gasteiger partial charge in [-0.05, 0) is 56.2 Å². The molecule has 2 N–H and O–H groups in total. The van der Waals surface area contributed by atoms with Gasteiger partial charge in [0.05, 0.1) is 12.2 Å². The van der Waals surface area contributed by atoms with Crippen molar-refractivity contribution >= 4 is 21.8 Å². The van der Waals surface area contributed by atoms with Crippen LogP contribution in [0.4, 0.5) is 0 Å². The first kappa shape index (κ1) is 14.1. The summed E-state index contributed by atoms with van der Waals surface area (Å²) in [5, 5.41) is 21.9. The molecule has 1 aromatic heterocycles. The quantitative estimate of drug-likeness (QED) is 0.765. The van der Waals surface area contributed by atoms with Crippen molar-refractivity contribution in [3.05, 3.63) is 47.5 Å². The molecule has 0 unspecified atom stereocenters. The Bertz CT molecular complexity index is 734. The molecule has 0 amide bonds. The van der Waals surface area contributed by atoms with E-state index < -0.39 is 12.2 Å². The lowest BCUT2D eigenvalue weighted by Gasteiger charge is -2.06. The molecule has 0 aliphatic rings. The van der Waals surface area contributed by atoms with E-state index >= 15 is 0 Å². The minimum absolute atomic E-state index is 0.477. The monoisotopic (exact) mass is 283 g/mol. The molecule has 0 aliphatic carbocycles. The molecule has 3 heteroatoms. The summed E-state index contributed by atoms with van der Waals surface area (Å²) in [6.45, 7) is 6.58. The van der Waals surface area contributed by atoms with Gasteiger partial charge in [-0.1, -0.05) is 12.1 Å². The lowest BCUT2D eigenvalue weighted by Crippen LogP contribution is -1.94. The molecule has 0 fully saturated rings. The summed E-state index contributed by atoms with van der Waals surface area (Å²) in [6.07, 6.45) is -0.955.